The molecule has 0 saturated heterocycles. The highest BCUT2D eigenvalue weighted by Gasteiger charge is 2.21. The Hall–Kier alpha value is -5.86. The lowest BCUT2D eigenvalue weighted by molar-refractivity contribution is 1.19. The summed E-state index contributed by atoms with van der Waals surface area (Å²) in [6, 6.07) is 59.6. The molecule has 0 spiro atoms. The first-order valence-corrected chi connectivity index (χ1v) is 15.5. The quantitative estimate of drug-likeness (QED) is 0.190. The predicted molar refractivity (Wildman–Crippen MR) is 193 cm³/mol. The molecule has 2 nitrogen and oxygen atoms in total. The van der Waals surface area contributed by atoms with E-state index in [0.717, 1.165) is 5.69 Å². The topological polar surface area (TPSA) is 8.17 Å². The van der Waals surface area contributed by atoms with Gasteiger partial charge in [-0.1, -0.05) is 121 Å². The molecule has 2 heteroatoms. The van der Waals surface area contributed by atoms with Crippen LogP contribution in [0.5, 0.6) is 0 Å². The zero-order valence-corrected chi connectivity index (χ0v) is 25.0. The van der Waals surface area contributed by atoms with Crippen molar-refractivity contribution >= 4 is 65.5 Å². The predicted octanol–water partition coefficient (Wildman–Crippen LogP) is 11.7. The van der Waals surface area contributed by atoms with Gasteiger partial charge >= 0.3 is 0 Å². The van der Waals surface area contributed by atoms with Crippen LogP contribution < -0.4 is 4.90 Å². The summed E-state index contributed by atoms with van der Waals surface area (Å²) in [5.41, 5.74) is 8.42. The standard InChI is InChI=1S/C43H30N2/c1-44(32-14-3-2-4-15-32)33-25-23-30(24-26-33)35-20-11-21-40-41(35)42-38-18-9-7-16-36(38)37-17-8-10-19-39(37)43(42)45(40)34-27-22-29-12-5-6-13-31(29)28-34/h2-28H,1H3. The summed E-state index contributed by atoms with van der Waals surface area (Å²) in [4.78, 5) is 2.23. The maximum Gasteiger partial charge on any atom is 0.0626 e. The molecule has 212 valence electrons. The minimum atomic E-state index is 1.16. The summed E-state index contributed by atoms with van der Waals surface area (Å²) in [5, 5.41) is 10.2. The minimum absolute atomic E-state index is 1.16. The van der Waals surface area contributed by atoms with E-state index in [9.17, 15) is 0 Å². The Balaban J connectivity index is 1.38. The summed E-state index contributed by atoms with van der Waals surface area (Å²) >= 11 is 0. The van der Waals surface area contributed by atoms with Gasteiger partial charge in [-0.15, -0.1) is 0 Å². The number of fused-ring (bicyclic) bond motifs is 9. The van der Waals surface area contributed by atoms with Gasteiger partial charge in [-0.05, 0) is 80.5 Å². The maximum absolute atomic E-state index is 2.49. The molecule has 8 aromatic carbocycles. The molecule has 0 bridgehead atoms. The van der Waals surface area contributed by atoms with Gasteiger partial charge in [0.1, 0.15) is 0 Å². The van der Waals surface area contributed by atoms with Gasteiger partial charge in [-0.25, -0.2) is 0 Å². The first-order valence-electron chi connectivity index (χ1n) is 15.5. The highest BCUT2D eigenvalue weighted by Crippen LogP contribution is 2.45. The molecule has 0 saturated carbocycles. The number of aromatic nitrogens is 1. The maximum atomic E-state index is 2.49. The number of anilines is 2. The Morgan fingerprint density at radius 1 is 0.444 bits per heavy atom. The van der Waals surface area contributed by atoms with E-state index in [-0.39, 0.29) is 0 Å². The summed E-state index contributed by atoms with van der Waals surface area (Å²) in [6.07, 6.45) is 0. The monoisotopic (exact) mass is 574 g/mol. The zero-order chi connectivity index (χ0) is 29.9. The number of benzene rings is 8. The molecule has 45 heavy (non-hydrogen) atoms. The number of rotatable bonds is 4. The van der Waals surface area contributed by atoms with Gasteiger partial charge in [0.25, 0.3) is 0 Å². The van der Waals surface area contributed by atoms with Crippen LogP contribution in [0.2, 0.25) is 0 Å². The molecule has 0 amide bonds. The van der Waals surface area contributed by atoms with Crippen LogP contribution in [0.15, 0.2) is 164 Å². The molecule has 1 aromatic heterocycles. The average Bonchev–Trinajstić information content (AvgIpc) is 3.48. The van der Waals surface area contributed by atoms with E-state index in [1.807, 2.05) is 0 Å². The lowest BCUT2D eigenvalue weighted by Crippen LogP contribution is -2.08. The molecule has 0 unspecified atom stereocenters. The van der Waals surface area contributed by atoms with Crippen LogP contribution in [0, 0.1) is 0 Å². The van der Waals surface area contributed by atoms with Crippen LogP contribution in [0.1, 0.15) is 0 Å². The highest BCUT2D eigenvalue weighted by molar-refractivity contribution is 6.34. The van der Waals surface area contributed by atoms with Crippen molar-refractivity contribution in [3.05, 3.63) is 164 Å². The van der Waals surface area contributed by atoms with Crippen LogP contribution in [-0.2, 0) is 0 Å². The van der Waals surface area contributed by atoms with E-state index in [0.29, 0.717) is 0 Å². The Labute approximate surface area is 262 Å². The van der Waals surface area contributed by atoms with E-state index >= 15 is 0 Å². The van der Waals surface area contributed by atoms with Gasteiger partial charge in [-0.2, -0.15) is 0 Å². The molecule has 0 N–H and O–H groups in total. The van der Waals surface area contributed by atoms with Crippen LogP contribution in [0.3, 0.4) is 0 Å². The van der Waals surface area contributed by atoms with Crippen LogP contribution >= 0.6 is 0 Å². The highest BCUT2D eigenvalue weighted by atomic mass is 15.1. The van der Waals surface area contributed by atoms with E-state index in [1.54, 1.807) is 0 Å². The lowest BCUT2D eigenvalue weighted by Gasteiger charge is -2.20. The van der Waals surface area contributed by atoms with E-state index in [2.05, 4.69) is 180 Å². The first kappa shape index (κ1) is 25.6. The van der Waals surface area contributed by atoms with Crippen molar-refractivity contribution < 1.29 is 0 Å². The first-order chi connectivity index (χ1) is 22.3. The van der Waals surface area contributed by atoms with Gasteiger partial charge in [0, 0.05) is 40.3 Å². The van der Waals surface area contributed by atoms with Gasteiger partial charge in [0.2, 0.25) is 0 Å². The van der Waals surface area contributed by atoms with Crippen molar-refractivity contribution in [2.24, 2.45) is 0 Å². The summed E-state index contributed by atoms with van der Waals surface area (Å²) in [6.45, 7) is 0. The van der Waals surface area contributed by atoms with E-state index in [1.165, 1.54) is 76.6 Å². The van der Waals surface area contributed by atoms with Crippen molar-refractivity contribution in [3.63, 3.8) is 0 Å². The van der Waals surface area contributed by atoms with Gasteiger partial charge in [0.15, 0.2) is 0 Å². The van der Waals surface area contributed by atoms with Crippen molar-refractivity contribution in [2.75, 3.05) is 11.9 Å². The normalized spacial score (nSPS) is 11.7. The van der Waals surface area contributed by atoms with E-state index < -0.39 is 0 Å². The van der Waals surface area contributed by atoms with Crippen LogP contribution in [-0.4, -0.2) is 11.6 Å². The van der Waals surface area contributed by atoms with Crippen LogP contribution in [0.25, 0.3) is 70.9 Å². The fraction of sp³-hybridized carbons (Fsp3) is 0.0233. The van der Waals surface area contributed by atoms with Crippen molar-refractivity contribution in [2.45, 2.75) is 0 Å². The van der Waals surface area contributed by atoms with Crippen LogP contribution in [0.4, 0.5) is 11.4 Å². The molecular weight excluding hydrogens is 544 g/mol. The number of hydrogen-bond acceptors (Lipinski definition) is 1. The fourth-order valence-electron chi connectivity index (χ4n) is 7.21. The molecule has 9 rings (SSSR count). The molecule has 0 radical (unpaired) electrons. The smallest absolute Gasteiger partial charge is 0.0626 e. The largest absolute Gasteiger partial charge is 0.345 e. The fourth-order valence-corrected chi connectivity index (χ4v) is 7.21. The second-order valence-electron chi connectivity index (χ2n) is 11.8. The second kappa shape index (κ2) is 10.1. The summed E-state index contributed by atoms with van der Waals surface area (Å²) in [7, 11) is 2.12. The Bertz CT molecular complexity index is 2540. The molecule has 0 aliphatic carbocycles. The Kier molecular flexibility index (Phi) is 5.76. The molecular formula is C43H30N2. The van der Waals surface area contributed by atoms with Crippen molar-refractivity contribution in [1.82, 2.24) is 4.57 Å². The molecule has 1 heterocycles. The molecule has 0 aliphatic heterocycles. The van der Waals surface area contributed by atoms with Gasteiger partial charge in [-0.3, -0.25) is 0 Å². The number of nitrogens with zero attached hydrogens (tertiary/aromatic N) is 2. The van der Waals surface area contributed by atoms with Crippen molar-refractivity contribution in [3.8, 4) is 16.8 Å². The third-order valence-electron chi connectivity index (χ3n) is 9.36. The summed E-state index contributed by atoms with van der Waals surface area (Å²) in [5.74, 6) is 0. The Morgan fingerprint density at radius 2 is 1.07 bits per heavy atom. The molecule has 0 atom stereocenters. The number of hydrogen-bond donors (Lipinski definition) is 0. The lowest BCUT2D eigenvalue weighted by atomic mass is 9.93. The summed E-state index contributed by atoms with van der Waals surface area (Å²) < 4.78 is 2.49. The van der Waals surface area contributed by atoms with E-state index in [4.69, 9.17) is 0 Å². The molecule has 9 aromatic rings. The molecule has 0 aliphatic rings. The number of para-hydroxylation sites is 1. The van der Waals surface area contributed by atoms with Gasteiger partial charge in [0.05, 0.1) is 11.0 Å². The molecule has 0 fully saturated rings. The minimum Gasteiger partial charge on any atom is -0.345 e. The zero-order valence-electron chi connectivity index (χ0n) is 25.0. The Morgan fingerprint density at radius 3 is 1.84 bits per heavy atom. The third kappa shape index (κ3) is 3.96. The van der Waals surface area contributed by atoms with Crippen molar-refractivity contribution in [1.29, 1.82) is 0 Å². The third-order valence-corrected chi connectivity index (χ3v) is 9.36. The van der Waals surface area contributed by atoms with Gasteiger partial charge < -0.3 is 9.47 Å². The second-order valence-corrected chi connectivity index (χ2v) is 11.8. The SMILES string of the molecule is CN(c1ccccc1)c1ccc(-c2cccc3c2c2c4ccccc4c4ccccc4c2n3-c2ccc3ccccc3c2)cc1. The average molecular weight is 575 g/mol.